The van der Waals surface area contributed by atoms with E-state index in [0.717, 1.165) is 29.3 Å². The molecule has 9 heteroatoms. The molecule has 6 aliphatic rings. The van der Waals surface area contributed by atoms with Crippen molar-refractivity contribution in [3.8, 4) is 0 Å². The van der Waals surface area contributed by atoms with Gasteiger partial charge in [-0.15, -0.1) is 11.6 Å². The summed E-state index contributed by atoms with van der Waals surface area (Å²) in [6.07, 6.45) is 3.43. The van der Waals surface area contributed by atoms with Crippen LogP contribution in [0.2, 0.25) is 0 Å². The third-order valence-electron chi connectivity index (χ3n) is 6.93. The van der Waals surface area contributed by atoms with Crippen molar-refractivity contribution in [2.75, 3.05) is 7.11 Å². The molecule has 0 N–H and O–H groups in total. The summed E-state index contributed by atoms with van der Waals surface area (Å²) >= 11 is 8.73. The van der Waals surface area contributed by atoms with Gasteiger partial charge in [-0.25, -0.2) is 0 Å². The van der Waals surface area contributed by atoms with Gasteiger partial charge in [0.2, 0.25) is 0 Å². The highest BCUT2D eigenvalue weighted by atomic mass is 127. The predicted molar refractivity (Wildman–Crippen MR) is 116 cm³/mol. The Hall–Kier alpha value is 0.0300. The number of hydrogen-bond donors (Lipinski definition) is 0. The quantitative estimate of drug-likeness (QED) is 0.272. The van der Waals surface area contributed by atoms with Crippen LogP contribution in [0.4, 0.5) is 0 Å². The lowest BCUT2D eigenvalue weighted by Gasteiger charge is -2.47. The number of hydrogen-bond acceptors (Lipinski definition) is 7. The minimum Gasteiger partial charge on any atom is -0.469 e. The molecule has 0 aromatic rings. The van der Waals surface area contributed by atoms with Gasteiger partial charge in [0.05, 0.1) is 31.8 Å². The normalized spacial score (nSPS) is 46.9. The lowest BCUT2D eigenvalue weighted by Crippen LogP contribution is -2.61. The fraction of sp³-hybridized carbons (Fsp3) is 0.857. The van der Waals surface area contributed by atoms with Gasteiger partial charge in [-0.05, 0) is 51.9 Å². The van der Waals surface area contributed by atoms with Crippen LogP contribution in [0.15, 0.2) is 10.2 Å². The highest BCUT2D eigenvalue weighted by Crippen LogP contribution is 2.54. The molecule has 6 saturated heterocycles. The van der Waals surface area contributed by atoms with Crippen molar-refractivity contribution in [2.45, 2.75) is 105 Å². The highest BCUT2D eigenvalue weighted by molar-refractivity contribution is 14.1. The molecule has 7 nitrogen and oxygen atoms in total. The molecule has 0 amide bonds. The van der Waals surface area contributed by atoms with Gasteiger partial charge in [-0.2, -0.15) is 0 Å². The molecular formula is C21H28ClIO7. The molecule has 7 unspecified atom stereocenters. The second-order valence-electron chi connectivity index (χ2n) is 9.00. The molecule has 0 aromatic carbocycles. The lowest BCUT2D eigenvalue weighted by molar-refractivity contribution is -0.292. The van der Waals surface area contributed by atoms with Crippen LogP contribution in [-0.2, 0) is 33.2 Å². The summed E-state index contributed by atoms with van der Waals surface area (Å²) < 4.78 is 38.1. The summed E-state index contributed by atoms with van der Waals surface area (Å²) in [5, 5.41) is -0.00654. The van der Waals surface area contributed by atoms with Gasteiger partial charge >= 0.3 is 5.97 Å². The van der Waals surface area contributed by atoms with Gasteiger partial charge in [0.25, 0.3) is 0 Å². The number of halogens is 2. The Bertz CT molecular complexity index is 707. The molecule has 30 heavy (non-hydrogen) atoms. The lowest BCUT2D eigenvalue weighted by atomic mass is 9.87. The third kappa shape index (κ3) is 3.95. The smallest absolute Gasteiger partial charge is 0.308 e. The fourth-order valence-corrected chi connectivity index (χ4v) is 6.70. The number of carbonyl (C=O) groups is 1. The Kier molecular flexibility index (Phi) is 6.14. The molecular weight excluding hydrogens is 527 g/mol. The highest BCUT2D eigenvalue weighted by Gasteiger charge is 2.68. The average molecular weight is 555 g/mol. The van der Waals surface area contributed by atoms with Crippen molar-refractivity contribution in [3.63, 3.8) is 0 Å². The number of esters is 1. The number of alkyl halides is 1. The number of ether oxygens (including phenoxy) is 6. The second-order valence-corrected chi connectivity index (χ2v) is 11.1. The van der Waals surface area contributed by atoms with Crippen LogP contribution < -0.4 is 0 Å². The molecule has 6 aliphatic heterocycles. The van der Waals surface area contributed by atoms with Gasteiger partial charge in [0, 0.05) is 18.2 Å². The molecule has 6 heterocycles. The summed E-state index contributed by atoms with van der Waals surface area (Å²) in [5.74, 6) is -0.987. The predicted octanol–water partition coefficient (Wildman–Crippen LogP) is 3.24. The number of fused-ring (bicyclic) bond motifs is 1. The summed E-state index contributed by atoms with van der Waals surface area (Å²) in [6, 6.07) is 0. The molecule has 6 bridgehead atoms. The van der Waals surface area contributed by atoms with Crippen molar-refractivity contribution in [1.29, 1.82) is 0 Å². The maximum Gasteiger partial charge on any atom is 0.308 e. The third-order valence-corrected chi connectivity index (χ3v) is 7.74. The van der Waals surface area contributed by atoms with E-state index in [1.807, 2.05) is 0 Å². The Balaban J connectivity index is 1.32. The molecule has 6 fully saturated rings. The topological polar surface area (TPSA) is 72.5 Å². The summed E-state index contributed by atoms with van der Waals surface area (Å²) in [5.41, 5.74) is 0. The van der Waals surface area contributed by atoms with E-state index in [0.29, 0.717) is 12.8 Å². The second kappa shape index (κ2) is 8.43. The molecule has 0 aliphatic carbocycles. The van der Waals surface area contributed by atoms with E-state index in [2.05, 4.69) is 29.2 Å². The van der Waals surface area contributed by atoms with Crippen LogP contribution in [0.25, 0.3) is 0 Å². The van der Waals surface area contributed by atoms with Crippen molar-refractivity contribution in [3.05, 3.63) is 10.2 Å². The summed E-state index contributed by atoms with van der Waals surface area (Å²) in [6.45, 7) is 3.95. The van der Waals surface area contributed by atoms with E-state index < -0.39 is 5.79 Å². The monoisotopic (exact) mass is 554 g/mol. The first-order valence-electron chi connectivity index (χ1n) is 10.7. The summed E-state index contributed by atoms with van der Waals surface area (Å²) in [7, 11) is 1.40. The van der Waals surface area contributed by atoms with Gasteiger partial charge in [-0.3, -0.25) is 4.79 Å². The van der Waals surface area contributed by atoms with Crippen LogP contribution in [0.5, 0.6) is 0 Å². The zero-order valence-corrected chi connectivity index (χ0v) is 19.9. The van der Waals surface area contributed by atoms with Crippen LogP contribution in [-0.4, -0.2) is 73.1 Å². The van der Waals surface area contributed by atoms with E-state index in [4.69, 9.17) is 40.0 Å². The maximum atomic E-state index is 11.7. The van der Waals surface area contributed by atoms with Gasteiger partial charge < -0.3 is 28.4 Å². The Labute approximate surface area is 195 Å². The first-order chi connectivity index (χ1) is 14.4. The number of allylic oxidation sites excluding steroid dienone is 1. The average Bonchev–Trinajstić information content (AvgIpc) is 3.11. The van der Waals surface area contributed by atoms with E-state index in [-0.39, 0.29) is 66.6 Å². The molecule has 168 valence electrons. The molecule has 6 rings (SSSR count). The standard InChI is InChI=1S/C21H28ClIO7/c1-10(23)7-11(22)5-6-21-9-14-17(29-21)18-19(28-14)20(30-21)16-13(27-18)4-3-12(26-16)8-15(24)25-2/h11-14,16-20H,1,3-9H2,2H3/t11?,12-,13?,14?,16?,17?,18+,19?,20+,21?/m1/s1. The minimum absolute atomic E-state index is 0.00654. The van der Waals surface area contributed by atoms with Crippen molar-refractivity contribution in [2.24, 2.45) is 0 Å². The number of rotatable bonds is 7. The first-order valence-corrected chi connectivity index (χ1v) is 12.3. The first kappa shape index (κ1) is 21.9. The molecule has 10 atom stereocenters. The molecule has 0 spiro atoms. The largest absolute Gasteiger partial charge is 0.469 e. The number of carbonyl (C=O) groups excluding carboxylic acids is 1. The Morgan fingerprint density at radius 3 is 2.63 bits per heavy atom. The Morgan fingerprint density at radius 1 is 1.13 bits per heavy atom. The van der Waals surface area contributed by atoms with E-state index in [1.54, 1.807) is 0 Å². The molecule has 0 radical (unpaired) electrons. The summed E-state index contributed by atoms with van der Waals surface area (Å²) in [4.78, 5) is 11.7. The van der Waals surface area contributed by atoms with Crippen LogP contribution in [0.1, 0.15) is 44.9 Å². The minimum atomic E-state index is -0.722. The zero-order chi connectivity index (χ0) is 21.0. The fourth-order valence-electron chi connectivity index (χ4n) is 5.62. The Morgan fingerprint density at radius 2 is 1.87 bits per heavy atom. The zero-order valence-electron chi connectivity index (χ0n) is 17.0. The van der Waals surface area contributed by atoms with E-state index in [1.165, 1.54) is 7.11 Å². The van der Waals surface area contributed by atoms with Crippen LogP contribution in [0, 0.1) is 0 Å². The molecule has 0 saturated carbocycles. The number of methoxy groups -OCH3 is 1. The van der Waals surface area contributed by atoms with Crippen molar-refractivity contribution in [1.82, 2.24) is 0 Å². The van der Waals surface area contributed by atoms with Crippen LogP contribution in [0.3, 0.4) is 0 Å². The van der Waals surface area contributed by atoms with Gasteiger partial charge in [0.15, 0.2) is 5.79 Å². The SMILES string of the molecule is C=C(I)CC(Cl)CCC12CC3OC4[C@@H](OC5CC[C@H](CC(=O)OC)OC5[C@@H]4O1)C3O2. The van der Waals surface area contributed by atoms with Gasteiger partial charge in [-0.1, -0.05) is 6.58 Å². The van der Waals surface area contributed by atoms with Crippen LogP contribution >= 0.6 is 34.2 Å². The van der Waals surface area contributed by atoms with Gasteiger partial charge in [0.1, 0.15) is 30.5 Å². The maximum absolute atomic E-state index is 11.7. The molecule has 0 aromatic heterocycles. The van der Waals surface area contributed by atoms with Crippen molar-refractivity contribution < 1.29 is 33.2 Å². The van der Waals surface area contributed by atoms with E-state index in [9.17, 15) is 4.79 Å². The van der Waals surface area contributed by atoms with E-state index >= 15 is 0 Å². The van der Waals surface area contributed by atoms with Crippen molar-refractivity contribution >= 4 is 40.2 Å².